The molecule has 152 valence electrons. The normalized spacial score (nSPS) is 12.2. The van der Waals surface area contributed by atoms with Crippen LogP contribution < -0.4 is 5.32 Å². The molecule has 11 heteroatoms. The number of likely N-dealkylation sites (N-methyl/N-ethyl adjacent to an activating group) is 1. The second-order valence-corrected chi connectivity index (χ2v) is 8.89. The van der Waals surface area contributed by atoms with Gasteiger partial charge in [0.25, 0.3) is 0 Å². The quantitative estimate of drug-likeness (QED) is 0.623. The van der Waals surface area contributed by atoms with Crippen molar-refractivity contribution in [2.75, 3.05) is 18.4 Å². The summed E-state index contributed by atoms with van der Waals surface area (Å²) < 4.78 is 65.7. The topological polar surface area (TPSA) is 66.5 Å². The zero-order valence-electron chi connectivity index (χ0n) is 14.4. The molecule has 0 heterocycles. The first-order valence-corrected chi connectivity index (χ1v) is 10.5. The van der Waals surface area contributed by atoms with Crippen LogP contribution in [-0.4, -0.2) is 31.7 Å². The maximum absolute atomic E-state index is 12.9. The molecule has 1 amide bonds. The van der Waals surface area contributed by atoms with E-state index >= 15 is 0 Å². The lowest BCUT2D eigenvalue weighted by atomic mass is 10.2. The summed E-state index contributed by atoms with van der Waals surface area (Å²) in [5.41, 5.74) is -1.24. The van der Waals surface area contributed by atoms with Crippen LogP contribution in [0.2, 0.25) is 5.02 Å². The van der Waals surface area contributed by atoms with Gasteiger partial charge in [0, 0.05) is 16.7 Å². The van der Waals surface area contributed by atoms with Crippen molar-refractivity contribution in [3.63, 3.8) is 0 Å². The summed E-state index contributed by atoms with van der Waals surface area (Å²) >= 11 is 8.75. The van der Waals surface area contributed by atoms with E-state index in [-0.39, 0.29) is 17.1 Å². The zero-order chi connectivity index (χ0) is 21.1. The van der Waals surface area contributed by atoms with E-state index in [1.807, 2.05) is 0 Å². The second-order valence-electron chi connectivity index (χ2n) is 5.63. The summed E-state index contributed by atoms with van der Waals surface area (Å²) in [4.78, 5) is 12.2. The molecular weight excluding hydrogens is 485 g/mol. The van der Waals surface area contributed by atoms with Gasteiger partial charge < -0.3 is 5.32 Å². The van der Waals surface area contributed by atoms with Gasteiger partial charge in [-0.15, -0.1) is 0 Å². The zero-order valence-corrected chi connectivity index (χ0v) is 17.6. The molecule has 2 rings (SSSR count). The minimum Gasteiger partial charge on any atom is -0.325 e. The highest BCUT2D eigenvalue weighted by molar-refractivity contribution is 9.10. The van der Waals surface area contributed by atoms with Crippen LogP contribution in [0.15, 0.2) is 51.8 Å². The minimum absolute atomic E-state index is 0.000234. The number of alkyl halides is 3. The fourth-order valence-electron chi connectivity index (χ4n) is 2.30. The average Bonchev–Trinajstić information content (AvgIpc) is 2.60. The number of hydrogen-bond acceptors (Lipinski definition) is 3. The molecule has 2 aromatic rings. The molecule has 0 atom stereocenters. The predicted octanol–water partition coefficient (Wildman–Crippen LogP) is 4.77. The molecule has 28 heavy (non-hydrogen) atoms. The van der Waals surface area contributed by atoms with E-state index in [0.717, 1.165) is 10.4 Å². The van der Waals surface area contributed by atoms with E-state index in [2.05, 4.69) is 21.2 Å². The summed E-state index contributed by atoms with van der Waals surface area (Å²) in [6.45, 7) is 0.993. The third-order valence-corrected chi connectivity index (χ3v) is 6.47. The fraction of sp³-hybridized carbons (Fsp3) is 0.235. The lowest BCUT2D eigenvalue weighted by Gasteiger charge is -2.20. The molecule has 0 bridgehead atoms. The van der Waals surface area contributed by atoms with Gasteiger partial charge in [0.1, 0.15) is 0 Å². The molecule has 0 aliphatic heterocycles. The number of carbonyl (C=O) groups is 1. The number of nitrogens with zero attached hydrogens (tertiary/aromatic N) is 1. The summed E-state index contributed by atoms with van der Waals surface area (Å²) in [7, 11) is -3.94. The first kappa shape index (κ1) is 22.7. The number of hydrogen-bond donors (Lipinski definition) is 1. The lowest BCUT2D eigenvalue weighted by molar-refractivity contribution is -0.137. The van der Waals surface area contributed by atoms with E-state index in [1.54, 1.807) is 19.1 Å². The predicted molar refractivity (Wildman–Crippen MR) is 104 cm³/mol. The maximum atomic E-state index is 12.9. The Hall–Kier alpha value is -1.62. The molecule has 0 aromatic heterocycles. The third kappa shape index (κ3) is 5.47. The minimum atomic E-state index is -4.68. The maximum Gasteiger partial charge on any atom is 0.417 e. The van der Waals surface area contributed by atoms with E-state index in [0.29, 0.717) is 10.5 Å². The number of nitrogens with one attached hydrogen (secondary N) is 1. The van der Waals surface area contributed by atoms with Gasteiger partial charge in [-0.1, -0.05) is 34.5 Å². The number of rotatable bonds is 6. The van der Waals surface area contributed by atoms with Crippen molar-refractivity contribution in [1.82, 2.24) is 4.31 Å². The van der Waals surface area contributed by atoms with Crippen LogP contribution in [0, 0.1) is 0 Å². The molecule has 0 saturated heterocycles. The molecule has 5 nitrogen and oxygen atoms in total. The van der Waals surface area contributed by atoms with Gasteiger partial charge in [0.2, 0.25) is 15.9 Å². The number of amides is 1. The van der Waals surface area contributed by atoms with Gasteiger partial charge in [0.15, 0.2) is 0 Å². The molecular formula is C17H15BrClF3N2O3S. The summed E-state index contributed by atoms with van der Waals surface area (Å²) in [6.07, 6.45) is -4.68. The van der Waals surface area contributed by atoms with Crippen LogP contribution in [0.3, 0.4) is 0 Å². The highest BCUT2D eigenvalue weighted by Gasteiger charge is 2.33. The standard InChI is InChI=1S/C17H15BrClF3N2O3S/c1-2-24(28(26,27)13-6-3-11(18)4-7-13)10-16(25)23-12-5-8-15(19)14(9-12)17(20,21)22/h3-9H,2,10H2,1H3,(H,23,25). The van der Waals surface area contributed by atoms with Crippen LogP contribution in [0.1, 0.15) is 12.5 Å². The Bertz CT molecular complexity index is 967. The van der Waals surface area contributed by atoms with Crippen molar-refractivity contribution in [3.05, 3.63) is 57.5 Å². The molecule has 1 N–H and O–H groups in total. The molecule has 0 saturated carbocycles. The molecule has 2 aromatic carbocycles. The van der Waals surface area contributed by atoms with Crippen molar-refractivity contribution in [3.8, 4) is 0 Å². The third-order valence-electron chi connectivity index (χ3n) is 3.68. The lowest BCUT2D eigenvalue weighted by Crippen LogP contribution is -2.37. The van der Waals surface area contributed by atoms with Crippen LogP contribution in [0.5, 0.6) is 0 Å². The Balaban J connectivity index is 2.18. The van der Waals surface area contributed by atoms with Crippen molar-refractivity contribution in [1.29, 1.82) is 0 Å². The van der Waals surface area contributed by atoms with Gasteiger partial charge in [-0.2, -0.15) is 17.5 Å². The number of benzene rings is 2. The van der Waals surface area contributed by atoms with Gasteiger partial charge in [-0.05, 0) is 42.5 Å². The highest BCUT2D eigenvalue weighted by atomic mass is 79.9. The monoisotopic (exact) mass is 498 g/mol. The van der Waals surface area contributed by atoms with Crippen LogP contribution >= 0.6 is 27.5 Å². The Morgan fingerprint density at radius 1 is 1.18 bits per heavy atom. The van der Waals surface area contributed by atoms with E-state index < -0.39 is 39.2 Å². The summed E-state index contributed by atoms with van der Waals surface area (Å²) in [5.74, 6) is -0.780. The molecule has 0 aliphatic carbocycles. The molecule has 0 radical (unpaired) electrons. The van der Waals surface area contributed by atoms with Crippen molar-refractivity contribution in [2.45, 2.75) is 18.0 Å². The van der Waals surface area contributed by atoms with Crippen LogP contribution in [-0.2, 0) is 21.0 Å². The number of carbonyl (C=O) groups excluding carboxylic acids is 1. The fourth-order valence-corrected chi connectivity index (χ4v) is 4.20. The van der Waals surface area contributed by atoms with Gasteiger partial charge >= 0.3 is 6.18 Å². The Kier molecular flexibility index (Phi) is 7.13. The van der Waals surface area contributed by atoms with E-state index in [4.69, 9.17) is 11.6 Å². The Morgan fingerprint density at radius 3 is 2.32 bits per heavy atom. The molecule has 0 aliphatic rings. The van der Waals surface area contributed by atoms with Gasteiger partial charge in [0.05, 0.1) is 22.0 Å². The van der Waals surface area contributed by atoms with Crippen molar-refractivity contribution >= 4 is 49.1 Å². The van der Waals surface area contributed by atoms with E-state index in [9.17, 15) is 26.4 Å². The number of halogens is 5. The smallest absolute Gasteiger partial charge is 0.325 e. The van der Waals surface area contributed by atoms with Gasteiger partial charge in [-0.3, -0.25) is 4.79 Å². The largest absolute Gasteiger partial charge is 0.417 e. The van der Waals surface area contributed by atoms with Crippen molar-refractivity contribution in [2.24, 2.45) is 0 Å². The van der Waals surface area contributed by atoms with Crippen LogP contribution in [0.4, 0.5) is 18.9 Å². The van der Waals surface area contributed by atoms with E-state index in [1.165, 1.54) is 18.2 Å². The first-order chi connectivity index (χ1) is 12.9. The Labute approximate surface area is 173 Å². The number of anilines is 1. The Morgan fingerprint density at radius 2 is 1.79 bits per heavy atom. The number of sulfonamides is 1. The SMILES string of the molecule is CCN(CC(=O)Nc1ccc(Cl)c(C(F)(F)F)c1)S(=O)(=O)c1ccc(Br)cc1. The first-order valence-electron chi connectivity index (χ1n) is 7.87. The van der Waals surface area contributed by atoms with Crippen molar-refractivity contribution < 1.29 is 26.4 Å². The summed E-state index contributed by atoms with van der Waals surface area (Å²) in [6, 6.07) is 8.77. The van der Waals surface area contributed by atoms with Crippen LogP contribution in [0.25, 0.3) is 0 Å². The van der Waals surface area contributed by atoms with Gasteiger partial charge in [-0.25, -0.2) is 8.42 Å². The molecule has 0 spiro atoms. The summed E-state index contributed by atoms with van der Waals surface area (Å²) in [5, 5.41) is 1.77. The highest BCUT2D eigenvalue weighted by Crippen LogP contribution is 2.36. The molecule has 0 unspecified atom stereocenters. The second kappa shape index (κ2) is 8.81. The average molecular weight is 500 g/mol. The molecule has 0 fully saturated rings.